The minimum atomic E-state index is -0.0537. The molecule has 2 N–H and O–H groups in total. The summed E-state index contributed by atoms with van der Waals surface area (Å²) >= 11 is 0. The number of benzene rings is 1. The maximum absolute atomic E-state index is 12.2. The van der Waals surface area contributed by atoms with Gasteiger partial charge in [-0.1, -0.05) is 0 Å². The molecule has 110 valence electrons. The van der Waals surface area contributed by atoms with Gasteiger partial charge in [0.25, 0.3) is 0 Å². The highest BCUT2D eigenvalue weighted by atomic mass is 16.5. The molecular weight excluding hydrogens is 256 g/mol. The Labute approximate surface area is 119 Å². The summed E-state index contributed by atoms with van der Waals surface area (Å²) in [5.41, 5.74) is 6.84. The van der Waals surface area contributed by atoms with Crippen LogP contribution in [0.25, 0.3) is 0 Å². The number of amides is 1. The van der Waals surface area contributed by atoms with Crippen molar-refractivity contribution in [2.45, 2.75) is 26.3 Å². The molecule has 0 saturated heterocycles. The monoisotopic (exact) mass is 278 g/mol. The van der Waals surface area contributed by atoms with Gasteiger partial charge in [0, 0.05) is 30.8 Å². The molecule has 0 fully saturated rings. The summed E-state index contributed by atoms with van der Waals surface area (Å²) in [6.45, 7) is 3.80. The van der Waals surface area contributed by atoms with E-state index in [0.29, 0.717) is 23.4 Å². The van der Waals surface area contributed by atoms with Crippen LogP contribution in [-0.4, -0.2) is 43.3 Å². The second-order valence-electron chi connectivity index (χ2n) is 4.85. The van der Waals surface area contributed by atoms with Gasteiger partial charge in [0.2, 0.25) is 5.91 Å². The Morgan fingerprint density at radius 3 is 2.55 bits per heavy atom. The lowest BCUT2D eigenvalue weighted by Gasteiger charge is -2.24. The number of likely N-dealkylation sites (N-methyl/N-ethyl adjacent to an activating group) is 1. The van der Waals surface area contributed by atoms with Crippen molar-refractivity contribution in [3.8, 4) is 5.75 Å². The lowest BCUT2D eigenvalue weighted by molar-refractivity contribution is -0.130. The lowest BCUT2D eigenvalue weighted by atomic mass is 10.0. The van der Waals surface area contributed by atoms with Crippen LogP contribution in [-0.2, 0) is 11.2 Å². The van der Waals surface area contributed by atoms with Crippen LogP contribution in [0, 0.1) is 0 Å². The molecule has 0 aliphatic carbocycles. The Balaban J connectivity index is 2.98. The maximum Gasteiger partial charge on any atom is 0.227 e. The van der Waals surface area contributed by atoms with Crippen molar-refractivity contribution in [3.63, 3.8) is 0 Å². The van der Waals surface area contributed by atoms with E-state index >= 15 is 0 Å². The number of nitrogens with zero attached hydrogens (tertiary/aromatic N) is 1. The average molecular weight is 278 g/mol. The van der Waals surface area contributed by atoms with E-state index in [1.165, 1.54) is 6.92 Å². The number of ether oxygens (including phenoxy) is 1. The van der Waals surface area contributed by atoms with E-state index < -0.39 is 0 Å². The molecule has 0 heterocycles. The van der Waals surface area contributed by atoms with Crippen molar-refractivity contribution < 1.29 is 14.3 Å². The van der Waals surface area contributed by atoms with Crippen molar-refractivity contribution in [3.05, 3.63) is 29.3 Å². The summed E-state index contributed by atoms with van der Waals surface area (Å²) in [5.74, 6) is 0.518. The smallest absolute Gasteiger partial charge is 0.227 e. The molecule has 1 aromatic rings. The first-order valence-electron chi connectivity index (χ1n) is 6.54. The van der Waals surface area contributed by atoms with Crippen LogP contribution in [0.15, 0.2) is 18.2 Å². The summed E-state index contributed by atoms with van der Waals surface area (Å²) in [5, 5.41) is 0. The number of nitrogens with two attached hydrogens (primary N) is 1. The molecule has 5 heteroatoms. The lowest BCUT2D eigenvalue weighted by Crippen LogP contribution is -2.40. The van der Waals surface area contributed by atoms with Gasteiger partial charge in [-0.3, -0.25) is 9.59 Å². The zero-order chi connectivity index (χ0) is 15.3. The van der Waals surface area contributed by atoms with Gasteiger partial charge >= 0.3 is 0 Å². The summed E-state index contributed by atoms with van der Waals surface area (Å²) in [6, 6.07) is 5.09. The summed E-state index contributed by atoms with van der Waals surface area (Å²) in [6.07, 6.45) is 0.186. The molecule has 0 saturated carbocycles. The minimum absolute atomic E-state index is 0.0236. The van der Waals surface area contributed by atoms with Crippen molar-refractivity contribution >= 4 is 11.7 Å². The molecule has 0 aliphatic heterocycles. The SMILES string of the molecule is COc1ccc(C(C)=O)cc1CC(=O)N(C)C(C)CN. The topological polar surface area (TPSA) is 72.6 Å². The number of carbonyl (C=O) groups excluding carboxylic acids is 2. The number of hydrogen-bond acceptors (Lipinski definition) is 4. The van der Waals surface area contributed by atoms with Gasteiger partial charge in [-0.2, -0.15) is 0 Å². The van der Waals surface area contributed by atoms with Crippen LogP contribution in [0.4, 0.5) is 0 Å². The van der Waals surface area contributed by atoms with E-state index in [0.717, 1.165) is 0 Å². The van der Waals surface area contributed by atoms with Crippen LogP contribution in [0.5, 0.6) is 5.75 Å². The largest absolute Gasteiger partial charge is 0.496 e. The number of hydrogen-bond donors (Lipinski definition) is 1. The Bertz CT molecular complexity index is 500. The van der Waals surface area contributed by atoms with Gasteiger partial charge in [-0.25, -0.2) is 0 Å². The van der Waals surface area contributed by atoms with Crippen LogP contribution in [0.1, 0.15) is 29.8 Å². The first-order chi connectivity index (χ1) is 9.40. The fourth-order valence-corrected chi connectivity index (χ4v) is 1.83. The van der Waals surface area contributed by atoms with Crippen LogP contribution >= 0.6 is 0 Å². The normalized spacial score (nSPS) is 11.8. The number of carbonyl (C=O) groups is 2. The first kappa shape index (κ1) is 16.2. The first-order valence-corrected chi connectivity index (χ1v) is 6.54. The molecule has 0 bridgehead atoms. The molecule has 5 nitrogen and oxygen atoms in total. The Morgan fingerprint density at radius 2 is 2.05 bits per heavy atom. The van der Waals surface area contributed by atoms with E-state index in [1.54, 1.807) is 37.3 Å². The van der Waals surface area contributed by atoms with E-state index in [9.17, 15) is 9.59 Å². The van der Waals surface area contributed by atoms with Gasteiger partial charge in [-0.15, -0.1) is 0 Å². The Kier molecular flexibility index (Phi) is 5.70. The zero-order valence-corrected chi connectivity index (χ0v) is 12.5. The van der Waals surface area contributed by atoms with Gasteiger partial charge in [0.15, 0.2) is 5.78 Å². The second-order valence-corrected chi connectivity index (χ2v) is 4.85. The zero-order valence-electron chi connectivity index (χ0n) is 12.5. The standard InChI is InChI=1S/C15H22N2O3/c1-10(9-16)17(3)15(19)8-13-7-12(11(2)18)5-6-14(13)20-4/h5-7,10H,8-9,16H2,1-4H3. The quantitative estimate of drug-likeness (QED) is 0.795. The maximum atomic E-state index is 12.2. The molecule has 20 heavy (non-hydrogen) atoms. The number of ketones is 1. The number of rotatable bonds is 6. The molecule has 0 spiro atoms. The average Bonchev–Trinajstić information content (AvgIpc) is 2.45. The molecule has 0 radical (unpaired) electrons. The molecule has 0 aliphatic rings. The van der Waals surface area contributed by atoms with Crippen molar-refractivity contribution in [1.29, 1.82) is 0 Å². The second kappa shape index (κ2) is 7.05. The Morgan fingerprint density at radius 1 is 1.40 bits per heavy atom. The van der Waals surface area contributed by atoms with E-state index in [1.807, 2.05) is 6.92 Å². The molecule has 1 rings (SSSR count). The molecule has 0 aromatic heterocycles. The molecular formula is C15H22N2O3. The third-order valence-electron chi connectivity index (χ3n) is 3.42. The van der Waals surface area contributed by atoms with Crippen molar-refractivity contribution in [2.24, 2.45) is 5.73 Å². The molecule has 1 atom stereocenters. The number of methoxy groups -OCH3 is 1. The van der Waals surface area contributed by atoms with Gasteiger partial charge in [0.05, 0.1) is 13.5 Å². The fraction of sp³-hybridized carbons (Fsp3) is 0.467. The molecule has 1 aromatic carbocycles. The Hall–Kier alpha value is -1.88. The fourth-order valence-electron chi connectivity index (χ4n) is 1.83. The molecule has 1 amide bonds. The van der Waals surface area contributed by atoms with Gasteiger partial charge in [0.1, 0.15) is 5.75 Å². The van der Waals surface area contributed by atoms with Crippen LogP contribution < -0.4 is 10.5 Å². The van der Waals surface area contributed by atoms with Crippen molar-refractivity contribution in [1.82, 2.24) is 4.90 Å². The highest BCUT2D eigenvalue weighted by molar-refractivity contribution is 5.94. The summed E-state index contributed by atoms with van der Waals surface area (Å²) in [4.78, 5) is 25.2. The predicted octanol–water partition coefficient (Wildman–Crippen LogP) is 1.25. The van der Waals surface area contributed by atoms with Gasteiger partial charge < -0.3 is 15.4 Å². The minimum Gasteiger partial charge on any atom is -0.496 e. The van der Waals surface area contributed by atoms with E-state index in [-0.39, 0.29) is 24.2 Å². The predicted molar refractivity (Wildman–Crippen MR) is 78.0 cm³/mol. The highest BCUT2D eigenvalue weighted by Crippen LogP contribution is 2.21. The summed E-state index contributed by atoms with van der Waals surface area (Å²) < 4.78 is 5.24. The highest BCUT2D eigenvalue weighted by Gasteiger charge is 2.17. The van der Waals surface area contributed by atoms with Crippen molar-refractivity contribution in [2.75, 3.05) is 20.7 Å². The van der Waals surface area contributed by atoms with E-state index in [2.05, 4.69) is 0 Å². The van der Waals surface area contributed by atoms with E-state index in [4.69, 9.17) is 10.5 Å². The number of Topliss-reactive ketones (excluding diaryl/α,β-unsaturated/α-hetero) is 1. The van der Waals surface area contributed by atoms with Gasteiger partial charge in [-0.05, 0) is 32.0 Å². The van der Waals surface area contributed by atoms with Crippen LogP contribution in [0.3, 0.4) is 0 Å². The third kappa shape index (κ3) is 3.81. The molecule has 1 unspecified atom stereocenters. The third-order valence-corrected chi connectivity index (χ3v) is 3.42. The van der Waals surface area contributed by atoms with Crippen LogP contribution in [0.2, 0.25) is 0 Å². The summed E-state index contributed by atoms with van der Waals surface area (Å²) in [7, 11) is 3.27.